The molecule has 1 aromatic heterocycles. The minimum absolute atomic E-state index is 0.0782. The number of benzene rings is 1. The Kier molecular flexibility index (Phi) is 7.15. The number of aliphatic carboxylic acids is 1. The van der Waals surface area contributed by atoms with Gasteiger partial charge in [-0.05, 0) is 49.3 Å². The number of allylic oxidation sites excluding steroid dienone is 4. The maximum atomic E-state index is 12.6. The van der Waals surface area contributed by atoms with E-state index in [1.165, 1.54) is 33.6 Å². The number of rotatable bonds is 10. The van der Waals surface area contributed by atoms with Crippen molar-refractivity contribution in [1.82, 2.24) is 4.98 Å². The summed E-state index contributed by atoms with van der Waals surface area (Å²) in [5.41, 5.74) is 6.80. The van der Waals surface area contributed by atoms with Crippen LogP contribution >= 0.6 is 11.3 Å². The molecule has 4 nitrogen and oxygen atoms in total. The molecule has 29 heavy (non-hydrogen) atoms. The Hall–Kier alpha value is -2.53. The summed E-state index contributed by atoms with van der Waals surface area (Å²) in [5, 5.41) is 11.2. The molecule has 0 amide bonds. The summed E-state index contributed by atoms with van der Waals surface area (Å²) in [6.45, 7) is 4.35. The zero-order valence-electron chi connectivity index (χ0n) is 17.0. The first-order chi connectivity index (χ1) is 13.9. The minimum atomic E-state index is -0.906. The largest absolute Gasteiger partial charge is 0.481 e. The summed E-state index contributed by atoms with van der Waals surface area (Å²) in [4.78, 5) is 27.6. The number of Topliss-reactive ketones (excluding diaryl/α,β-unsaturated/α-hetero) is 1. The molecule has 0 radical (unpaired) electrons. The van der Waals surface area contributed by atoms with Gasteiger partial charge in [0.2, 0.25) is 0 Å². The molecule has 1 aliphatic carbocycles. The van der Waals surface area contributed by atoms with Crippen molar-refractivity contribution in [2.24, 2.45) is 0 Å². The Morgan fingerprint density at radius 2 is 1.93 bits per heavy atom. The van der Waals surface area contributed by atoms with Gasteiger partial charge in [0.05, 0.1) is 18.5 Å². The third-order valence-corrected chi connectivity index (χ3v) is 6.03. The van der Waals surface area contributed by atoms with Crippen LogP contribution < -0.4 is 0 Å². The van der Waals surface area contributed by atoms with Crippen LogP contribution in [0.1, 0.15) is 53.6 Å². The number of nitrogens with zero attached hydrogens (tertiary/aromatic N) is 1. The highest BCUT2D eigenvalue weighted by molar-refractivity contribution is 7.09. The van der Waals surface area contributed by atoms with Crippen molar-refractivity contribution in [2.75, 3.05) is 0 Å². The molecule has 0 spiro atoms. The van der Waals surface area contributed by atoms with Gasteiger partial charge in [0, 0.05) is 5.38 Å². The van der Waals surface area contributed by atoms with E-state index in [2.05, 4.69) is 43.1 Å². The molecule has 0 aliphatic heterocycles. The van der Waals surface area contributed by atoms with Gasteiger partial charge in [-0.3, -0.25) is 9.59 Å². The predicted octanol–water partition coefficient (Wildman–Crippen LogP) is 5.03. The van der Waals surface area contributed by atoms with E-state index >= 15 is 0 Å². The number of aromatic nitrogens is 1. The third-order valence-electron chi connectivity index (χ3n) is 5.14. The number of aryl methyl sites for hydroxylation is 3. The number of hydrogen-bond donors (Lipinski definition) is 1. The molecule has 1 aliphatic rings. The maximum Gasteiger partial charge on any atom is 0.309 e. The van der Waals surface area contributed by atoms with Crippen LogP contribution in [0.4, 0.5) is 0 Å². The van der Waals surface area contributed by atoms with E-state index in [4.69, 9.17) is 5.11 Å². The van der Waals surface area contributed by atoms with Crippen LogP contribution in [0, 0.1) is 6.92 Å². The summed E-state index contributed by atoms with van der Waals surface area (Å²) in [6.07, 6.45) is 9.09. The molecular formula is C24H27NO3S. The number of ketones is 1. The number of carbonyl (C=O) groups excluding carboxylic acids is 1. The molecule has 0 saturated carbocycles. The first-order valence-corrected chi connectivity index (χ1v) is 11.0. The molecule has 0 unspecified atom stereocenters. The van der Waals surface area contributed by atoms with Gasteiger partial charge in [0.25, 0.3) is 0 Å². The Morgan fingerprint density at radius 1 is 1.10 bits per heavy atom. The van der Waals surface area contributed by atoms with Crippen molar-refractivity contribution < 1.29 is 14.7 Å². The molecule has 0 saturated heterocycles. The number of carboxylic acids is 1. The zero-order chi connectivity index (χ0) is 20.8. The van der Waals surface area contributed by atoms with E-state index < -0.39 is 5.97 Å². The van der Waals surface area contributed by atoms with Crippen LogP contribution in [-0.2, 0) is 35.3 Å². The molecule has 2 aromatic rings. The van der Waals surface area contributed by atoms with Crippen molar-refractivity contribution in [3.63, 3.8) is 0 Å². The second-order valence-corrected chi connectivity index (χ2v) is 8.56. The topological polar surface area (TPSA) is 67.3 Å². The van der Waals surface area contributed by atoms with Crippen LogP contribution in [-0.4, -0.2) is 21.8 Å². The van der Waals surface area contributed by atoms with E-state index in [1.54, 1.807) is 5.38 Å². The van der Waals surface area contributed by atoms with Crippen LogP contribution in [0.5, 0.6) is 0 Å². The minimum Gasteiger partial charge on any atom is -0.481 e. The molecule has 5 heteroatoms. The lowest BCUT2D eigenvalue weighted by Crippen LogP contribution is -2.06. The second kappa shape index (κ2) is 9.79. The average molecular weight is 410 g/mol. The smallest absolute Gasteiger partial charge is 0.309 e. The third kappa shape index (κ3) is 5.97. The van der Waals surface area contributed by atoms with Gasteiger partial charge in [0.15, 0.2) is 5.78 Å². The summed E-state index contributed by atoms with van der Waals surface area (Å²) in [6, 6.07) is 6.71. The van der Waals surface area contributed by atoms with Crippen molar-refractivity contribution in [1.29, 1.82) is 0 Å². The van der Waals surface area contributed by atoms with E-state index in [0.717, 1.165) is 31.3 Å². The van der Waals surface area contributed by atoms with Crippen LogP contribution in [0.2, 0.25) is 0 Å². The maximum absolute atomic E-state index is 12.6. The van der Waals surface area contributed by atoms with Gasteiger partial charge < -0.3 is 5.11 Å². The van der Waals surface area contributed by atoms with Gasteiger partial charge in [-0.2, -0.15) is 0 Å². The van der Waals surface area contributed by atoms with Crippen molar-refractivity contribution in [3.05, 3.63) is 74.3 Å². The van der Waals surface area contributed by atoms with E-state index in [0.29, 0.717) is 17.1 Å². The molecule has 1 aromatic carbocycles. The van der Waals surface area contributed by atoms with Gasteiger partial charge in [-0.1, -0.05) is 54.8 Å². The van der Waals surface area contributed by atoms with E-state index in [-0.39, 0.29) is 18.6 Å². The number of carbonyl (C=O) groups is 2. The molecular weight excluding hydrogens is 382 g/mol. The SMILES string of the molecule is CCCc1cc(C)ccc1CCC1=CC=C(C(=O)Cc2nc(CC(=O)O)cs2)C1. The molecule has 1 heterocycles. The fourth-order valence-corrected chi connectivity index (χ4v) is 4.45. The van der Waals surface area contributed by atoms with Crippen LogP contribution in [0.25, 0.3) is 0 Å². The fourth-order valence-electron chi connectivity index (χ4n) is 3.66. The highest BCUT2D eigenvalue weighted by atomic mass is 32.1. The lowest BCUT2D eigenvalue weighted by atomic mass is 9.94. The molecule has 1 N–H and O–H groups in total. The molecule has 0 bridgehead atoms. The first-order valence-electron chi connectivity index (χ1n) is 10.1. The molecule has 152 valence electrons. The number of carboxylic acid groups (broad SMARTS) is 1. The first kappa shape index (κ1) is 21.2. The highest BCUT2D eigenvalue weighted by Crippen LogP contribution is 2.26. The lowest BCUT2D eigenvalue weighted by molar-refractivity contribution is -0.136. The quantitative estimate of drug-likeness (QED) is 0.597. The second-order valence-electron chi connectivity index (χ2n) is 7.62. The monoisotopic (exact) mass is 409 g/mol. The van der Waals surface area contributed by atoms with Gasteiger partial charge in [0.1, 0.15) is 5.01 Å². The fraction of sp³-hybridized carbons (Fsp3) is 0.375. The summed E-state index contributed by atoms with van der Waals surface area (Å²) >= 11 is 1.35. The van der Waals surface area contributed by atoms with Gasteiger partial charge in [-0.25, -0.2) is 4.98 Å². The number of hydrogen-bond acceptors (Lipinski definition) is 4. The Labute approximate surface area is 176 Å². The number of thiazole rings is 1. The summed E-state index contributed by atoms with van der Waals surface area (Å²) < 4.78 is 0. The average Bonchev–Trinajstić information content (AvgIpc) is 3.30. The lowest BCUT2D eigenvalue weighted by Gasteiger charge is -2.11. The molecule has 0 fully saturated rings. The molecule has 3 rings (SSSR count). The van der Waals surface area contributed by atoms with Crippen molar-refractivity contribution in [2.45, 2.75) is 58.8 Å². The summed E-state index contributed by atoms with van der Waals surface area (Å²) in [5.74, 6) is -0.828. The van der Waals surface area contributed by atoms with Crippen molar-refractivity contribution >= 4 is 23.1 Å². The standard InChI is InChI=1S/C24H27NO3S/c1-3-4-19-11-16(2)5-8-18(19)9-6-17-7-10-20(12-17)22(26)14-23-25-21(15-29-23)13-24(27)28/h5,7-8,10-11,15H,3-4,6,9,12-14H2,1-2H3,(H,27,28). The van der Waals surface area contributed by atoms with Crippen molar-refractivity contribution in [3.8, 4) is 0 Å². The van der Waals surface area contributed by atoms with E-state index in [1.807, 2.05) is 6.08 Å². The molecule has 0 atom stereocenters. The van der Waals surface area contributed by atoms with E-state index in [9.17, 15) is 9.59 Å². The Balaban J connectivity index is 1.51. The zero-order valence-corrected chi connectivity index (χ0v) is 17.8. The summed E-state index contributed by atoms with van der Waals surface area (Å²) in [7, 11) is 0. The Bertz CT molecular complexity index is 968. The van der Waals surface area contributed by atoms with Gasteiger partial charge >= 0.3 is 5.97 Å². The van der Waals surface area contributed by atoms with Crippen LogP contribution in [0.15, 0.2) is 46.9 Å². The Morgan fingerprint density at radius 3 is 2.69 bits per heavy atom. The normalized spacial score (nSPS) is 13.3. The van der Waals surface area contributed by atoms with Crippen LogP contribution in [0.3, 0.4) is 0 Å². The van der Waals surface area contributed by atoms with Gasteiger partial charge in [-0.15, -0.1) is 11.3 Å². The highest BCUT2D eigenvalue weighted by Gasteiger charge is 2.18. The predicted molar refractivity (Wildman–Crippen MR) is 116 cm³/mol.